The highest BCUT2D eigenvalue weighted by Gasteiger charge is 2.19. The number of hydrogen-bond acceptors (Lipinski definition) is 2. The zero-order valence-electron chi connectivity index (χ0n) is 14.5. The lowest BCUT2D eigenvalue weighted by Gasteiger charge is -2.19. The first-order chi connectivity index (χ1) is 11.4. The van der Waals surface area contributed by atoms with E-state index in [1.165, 1.54) is 5.56 Å². The molecule has 0 saturated carbocycles. The molecule has 0 bridgehead atoms. The van der Waals surface area contributed by atoms with Crippen LogP contribution in [0, 0.1) is 6.92 Å². The molecule has 0 saturated heterocycles. The van der Waals surface area contributed by atoms with Crippen LogP contribution in [-0.2, 0) is 0 Å². The van der Waals surface area contributed by atoms with Crippen molar-refractivity contribution in [3.05, 3.63) is 54.1 Å². The Morgan fingerprint density at radius 3 is 1.88 bits per heavy atom. The Morgan fingerprint density at radius 2 is 1.25 bits per heavy atom. The van der Waals surface area contributed by atoms with Crippen molar-refractivity contribution >= 4 is 39.9 Å². The number of hydrogen-bond donors (Lipinski definition) is 2. The van der Waals surface area contributed by atoms with Gasteiger partial charge in [0.15, 0.2) is 11.5 Å². The van der Waals surface area contributed by atoms with Gasteiger partial charge < -0.3 is 10.2 Å². The molecule has 0 radical (unpaired) electrons. The van der Waals surface area contributed by atoms with Crippen molar-refractivity contribution < 1.29 is 10.2 Å². The molecule has 0 aliphatic rings. The van der Waals surface area contributed by atoms with Gasteiger partial charge in [0.1, 0.15) is 23.5 Å². The predicted octanol–water partition coefficient (Wildman–Crippen LogP) is -0.485. The maximum Gasteiger partial charge on any atom is 0.164 e. The summed E-state index contributed by atoms with van der Waals surface area (Å²) in [6.45, 7) is 2.06. The summed E-state index contributed by atoms with van der Waals surface area (Å²) in [7, 11) is 5.79. The maximum atomic E-state index is 10.6. The summed E-state index contributed by atoms with van der Waals surface area (Å²) < 4.78 is 0. The fourth-order valence-corrected chi connectivity index (χ4v) is 3.14. The summed E-state index contributed by atoms with van der Waals surface area (Å²) in [5.74, 6) is -0.0815. The van der Waals surface area contributed by atoms with Gasteiger partial charge in [-0.25, -0.2) is 0 Å². The van der Waals surface area contributed by atoms with Gasteiger partial charge in [-0.3, -0.25) is 0 Å². The number of aryl methyl sites for hydroxylation is 1. The quantitative estimate of drug-likeness (QED) is 0.496. The van der Waals surface area contributed by atoms with Crippen LogP contribution in [0.15, 0.2) is 48.5 Å². The van der Waals surface area contributed by atoms with E-state index in [0.29, 0.717) is 5.56 Å². The van der Waals surface area contributed by atoms with Crippen LogP contribution in [-0.4, -0.2) is 33.8 Å². The monoisotopic (exact) mass is 312 g/mol. The van der Waals surface area contributed by atoms with Crippen LogP contribution >= 0.6 is 0 Å². The van der Waals surface area contributed by atoms with Crippen molar-refractivity contribution in [3.8, 4) is 33.8 Å². The average molecular weight is 312 g/mol. The van der Waals surface area contributed by atoms with Gasteiger partial charge in [-0.05, 0) is 23.6 Å². The molecular formula is C19H19B3O2. The van der Waals surface area contributed by atoms with Gasteiger partial charge in [0.2, 0.25) is 0 Å². The van der Waals surface area contributed by atoms with E-state index < -0.39 is 0 Å². The Hall–Kier alpha value is -2.55. The van der Waals surface area contributed by atoms with Crippen molar-refractivity contribution in [2.45, 2.75) is 6.92 Å². The highest BCUT2D eigenvalue weighted by molar-refractivity contribution is 6.59. The Balaban J connectivity index is 2.32. The third-order valence-corrected chi connectivity index (χ3v) is 4.88. The van der Waals surface area contributed by atoms with Crippen molar-refractivity contribution in [3.63, 3.8) is 0 Å². The molecule has 3 aromatic rings. The topological polar surface area (TPSA) is 40.5 Å². The van der Waals surface area contributed by atoms with Gasteiger partial charge in [0.25, 0.3) is 0 Å². The van der Waals surface area contributed by atoms with Crippen LogP contribution in [0.4, 0.5) is 0 Å². The van der Waals surface area contributed by atoms with E-state index in [4.69, 9.17) is 0 Å². The first kappa shape index (κ1) is 16.3. The molecule has 0 fully saturated rings. The predicted molar refractivity (Wildman–Crippen MR) is 110 cm³/mol. The molecule has 0 spiro atoms. The molecule has 0 aromatic heterocycles. The van der Waals surface area contributed by atoms with Crippen LogP contribution in [0.1, 0.15) is 5.56 Å². The number of aromatic hydroxyl groups is 2. The Kier molecular flexibility index (Phi) is 4.19. The van der Waals surface area contributed by atoms with Crippen LogP contribution in [0.25, 0.3) is 22.3 Å². The average Bonchev–Trinajstić information content (AvgIpc) is 2.60. The molecule has 0 unspecified atom stereocenters. The third kappa shape index (κ3) is 2.60. The molecule has 0 heterocycles. The summed E-state index contributed by atoms with van der Waals surface area (Å²) in [5.41, 5.74) is 7.68. The summed E-state index contributed by atoms with van der Waals surface area (Å²) in [6.07, 6.45) is 0. The highest BCUT2D eigenvalue weighted by atomic mass is 16.3. The smallest absolute Gasteiger partial charge is 0.164 e. The first-order valence-electron chi connectivity index (χ1n) is 8.10. The Labute approximate surface area is 145 Å². The molecule has 3 rings (SSSR count). The van der Waals surface area contributed by atoms with Crippen molar-refractivity contribution in [1.82, 2.24) is 0 Å². The van der Waals surface area contributed by atoms with Gasteiger partial charge >= 0.3 is 0 Å². The first-order valence-corrected chi connectivity index (χ1v) is 8.10. The normalized spacial score (nSPS) is 10.7. The Morgan fingerprint density at radius 1 is 0.667 bits per heavy atom. The molecule has 5 heteroatoms. The number of rotatable bonds is 2. The van der Waals surface area contributed by atoms with Crippen molar-refractivity contribution in [2.75, 3.05) is 0 Å². The minimum Gasteiger partial charge on any atom is -0.505 e. The van der Waals surface area contributed by atoms with Crippen molar-refractivity contribution in [1.29, 1.82) is 0 Å². The molecule has 0 atom stereocenters. The lowest BCUT2D eigenvalue weighted by molar-refractivity contribution is 0.409. The molecule has 2 nitrogen and oxygen atoms in total. The molecule has 0 aliphatic carbocycles. The minimum absolute atomic E-state index is 0.0354. The van der Waals surface area contributed by atoms with Crippen LogP contribution in [0.3, 0.4) is 0 Å². The van der Waals surface area contributed by atoms with Gasteiger partial charge in [-0.2, -0.15) is 0 Å². The zero-order chi connectivity index (χ0) is 17.4. The minimum atomic E-state index is -0.0461. The van der Waals surface area contributed by atoms with Gasteiger partial charge in [0.05, 0.1) is 0 Å². The second kappa shape index (κ2) is 6.16. The second-order valence-electron chi connectivity index (χ2n) is 6.36. The van der Waals surface area contributed by atoms with E-state index in [1.54, 1.807) is 0 Å². The second-order valence-corrected chi connectivity index (χ2v) is 6.36. The van der Waals surface area contributed by atoms with E-state index in [9.17, 15) is 10.2 Å². The van der Waals surface area contributed by atoms with Crippen molar-refractivity contribution in [2.24, 2.45) is 0 Å². The van der Waals surface area contributed by atoms with Crippen LogP contribution in [0.2, 0.25) is 0 Å². The van der Waals surface area contributed by atoms with E-state index in [-0.39, 0.29) is 11.5 Å². The van der Waals surface area contributed by atoms with E-state index in [0.717, 1.165) is 33.1 Å². The molecule has 0 amide bonds. The van der Waals surface area contributed by atoms with Crippen LogP contribution in [0.5, 0.6) is 11.5 Å². The Bertz CT molecular complexity index is 890. The van der Waals surface area contributed by atoms with E-state index in [2.05, 4.69) is 31.2 Å². The number of phenols is 2. The third-order valence-electron chi connectivity index (χ3n) is 4.88. The SMILES string of the molecule is Bc1c(B)c(O)c(O)c(-c2ccccc2-c2ccc(C)cc2)c1B. The molecular weight excluding hydrogens is 293 g/mol. The summed E-state index contributed by atoms with van der Waals surface area (Å²) in [5, 5.41) is 20.9. The summed E-state index contributed by atoms with van der Waals surface area (Å²) in [4.78, 5) is 0. The molecule has 2 N–H and O–H groups in total. The standard InChI is InChI=1S/C19H19B3O2/c1-10-6-8-11(9-7-10)12-4-2-3-5-13(12)14-15(20)16(21)17(22)19(24)18(14)23/h2-9,23-24H,20-22H2,1H3. The lowest BCUT2D eigenvalue weighted by Crippen LogP contribution is -2.40. The number of benzene rings is 3. The van der Waals surface area contributed by atoms with Gasteiger partial charge in [-0.1, -0.05) is 70.5 Å². The molecule has 116 valence electrons. The number of phenolic OH excluding ortho intramolecular Hbond substituents is 2. The fourth-order valence-electron chi connectivity index (χ4n) is 3.14. The van der Waals surface area contributed by atoms with E-state index >= 15 is 0 Å². The molecule has 3 aromatic carbocycles. The summed E-state index contributed by atoms with van der Waals surface area (Å²) in [6, 6.07) is 16.3. The van der Waals surface area contributed by atoms with Crippen LogP contribution < -0.4 is 16.4 Å². The van der Waals surface area contributed by atoms with E-state index in [1.807, 2.05) is 47.8 Å². The summed E-state index contributed by atoms with van der Waals surface area (Å²) >= 11 is 0. The fraction of sp³-hybridized carbons (Fsp3) is 0.0526. The van der Waals surface area contributed by atoms with Gasteiger partial charge in [-0.15, -0.1) is 0 Å². The molecule has 24 heavy (non-hydrogen) atoms. The highest BCUT2D eigenvalue weighted by Crippen LogP contribution is 2.38. The maximum absolute atomic E-state index is 10.6. The zero-order valence-corrected chi connectivity index (χ0v) is 14.5. The lowest BCUT2D eigenvalue weighted by atomic mass is 9.68. The molecule has 0 aliphatic heterocycles. The largest absolute Gasteiger partial charge is 0.505 e. The van der Waals surface area contributed by atoms with Gasteiger partial charge in [0, 0.05) is 5.56 Å².